The zero-order chi connectivity index (χ0) is 20.7. The zero-order valence-electron chi connectivity index (χ0n) is 16.5. The number of halogens is 1. The second kappa shape index (κ2) is 7.98. The van der Waals surface area contributed by atoms with Crippen LogP contribution in [-0.4, -0.2) is 49.0 Å². The maximum Gasteiger partial charge on any atom is 0.196 e. The first kappa shape index (κ1) is 19.5. The summed E-state index contributed by atoms with van der Waals surface area (Å²) in [6.45, 7) is 3.73. The lowest BCUT2D eigenvalue weighted by atomic mass is 10.1. The third-order valence-corrected chi connectivity index (χ3v) is 6.48. The quantitative estimate of drug-likeness (QED) is 0.463. The van der Waals surface area contributed by atoms with Gasteiger partial charge in [-0.3, -0.25) is 4.98 Å². The second-order valence-corrected chi connectivity index (χ2v) is 8.76. The molecule has 0 amide bonds. The fourth-order valence-electron chi connectivity index (χ4n) is 3.79. The summed E-state index contributed by atoms with van der Waals surface area (Å²) >= 11 is 8.14. The number of hydrogen-bond acceptors (Lipinski definition) is 8. The molecule has 154 valence electrons. The van der Waals surface area contributed by atoms with Crippen molar-refractivity contribution in [2.75, 3.05) is 18.0 Å². The zero-order valence-corrected chi connectivity index (χ0v) is 18.0. The molecule has 1 aliphatic heterocycles. The van der Waals surface area contributed by atoms with E-state index in [1.54, 1.807) is 18.6 Å². The van der Waals surface area contributed by atoms with Crippen LogP contribution in [0.2, 0.25) is 5.02 Å². The standard InChI is InChI=1S/C20H21ClN8S/c1-2-13-16(21)15-18(26-13)27-20(28-19(15)29-7-3-4-11(22)10-29)30-12-8-14-17(25-9-12)24-6-5-23-14/h5-6,8-9,11H,2-4,7,10,22H2,1H3,(H,26,27,28)/t11-/m1/s1. The molecule has 1 saturated heterocycles. The molecule has 0 aromatic carbocycles. The van der Waals surface area contributed by atoms with Crippen LogP contribution in [-0.2, 0) is 6.42 Å². The number of rotatable bonds is 4. The number of hydrogen-bond donors (Lipinski definition) is 2. The maximum absolute atomic E-state index is 6.69. The van der Waals surface area contributed by atoms with E-state index in [4.69, 9.17) is 27.3 Å². The van der Waals surface area contributed by atoms with Crippen LogP contribution in [0.5, 0.6) is 0 Å². The summed E-state index contributed by atoms with van der Waals surface area (Å²) in [5.74, 6) is 0.840. The van der Waals surface area contributed by atoms with Crippen molar-refractivity contribution in [3.8, 4) is 0 Å². The number of nitrogens with two attached hydrogens (primary N) is 1. The fraction of sp³-hybridized carbons (Fsp3) is 0.350. The van der Waals surface area contributed by atoms with Crippen molar-refractivity contribution >= 4 is 51.4 Å². The molecule has 0 unspecified atom stereocenters. The van der Waals surface area contributed by atoms with Crippen LogP contribution in [0.1, 0.15) is 25.5 Å². The van der Waals surface area contributed by atoms with Crippen molar-refractivity contribution in [1.82, 2.24) is 29.9 Å². The van der Waals surface area contributed by atoms with Gasteiger partial charge < -0.3 is 15.6 Å². The SMILES string of the molecule is CCc1[nH]c2nc(Sc3cnc4nccnc4c3)nc(N3CCC[C@@H](N)C3)c2c1Cl. The molecule has 8 nitrogen and oxygen atoms in total. The van der Waals surface area contributed by atoms with E-state index in [2.05, 4.69) is 31.8 Å². The van der Waals surface area contributed by atoms with Gasteiger partial charge in [0, 0.05) is 48.3 Å². The minimum absolute atomic E-state index is 0.131. The molecule has 1 aliphatic rings. The highest BCUT2D eigenvalue weighted by molar-refractivity contribution is 7.99. The van der Waals surface area contributed by atoms with Gasteiger partial charge in [0.1, 0.15) is 17.0 Å². The highest BCUT2D eigenvalue weighted by atomic mass is 35.5. The third kappa shape index (κ3) is 3.57. The van der Waals surface area contributed by atoms with Crippen molar-refractivity contribution < 1.29 is 0 Å². The summed E-state index contributed by atoms with van der Waals surface area (Å²) in [5, 5.41) is 2.19. The van der Waals surface area contributed by atoms with Gasteiger partial charge in [-0.25, -0.2) is 19.9 Å². The van der Waals surface area contributed by atoms with Gasteiger partial charge in [-0.05, 0) is 37.1 Å². The lowest BCUT2D eigenvalue weighted by molar-refractivity contribution is 0.503. The van der Waals surface area contributed by atoms with E-state index in [9.17, 15) is 0 Å². The van der Waals surface area contributed by atoms with Crippen molar-refractivity contribution in [2.24, 2.45) is 5.73 Å². The summed E-state index contributed by atoms with van der Waals surface area (Å²) in [5.41, 5.74) is 9.31. The molecule has 5 rings (SSSR count). The van der Waals surface area contributed by atoms with Crippen LogP contribution in [0.25, 0.3) is 22.2 Å². The Morgan fingerprint density at radius 1 is 1.27 bits per heavy atom. The first-order chi connectivity index (χ1) is 14.6. The molecule has 0 saturated carbocycles. The van der Waals surface area contributed by atoms with Gasteiger partial charge >= 0.3 is 0 Å². The molecular weight excluding hydrogens is 420 g/mol. The Morgan fingerprint density at radius 3 is 2.97 bits per heavy atom. The number of aromatic amines is 1. The molecule has 0 radical (unpaired) electrons. The van der Waals surface area contributed by atoms with Crippen molar-refractivity contribution in [3.63, 3.8) is 0 Å². The summed E-state index contributed by atoms with van der Waals surface area (Å²) in [4.78, 5) is 29.1. The van der Waals surface area contributed by atoms with Crippen molar-refractivity contribution in [3.05, 3.63) is 35.4 Å². The highest BCUT2D eigenvalue weighted by Gasteiger charge is 2.24. The van der Waals surface area contributed by atoms with E-state index in [1.165, 1.54) is 11.8 Å². The van der Waals surface area contributed by atoms with Gasteiger partial charge in [-0.15, -0.1) is 0 Å². The Labute approximate surface area is 182 Å². The van der Waals surface area contributed by atoms with Crippen LogP contribution >= 0.6 is 23.4 Å². The number of H-pyrrole nitrogens is 1. The van der Waals surface area contributed by atoms with Crippen LogP contribution in [0.3, 0.4) is 0 Å². The Morgan fingerprint density at radius 2 is 2.13 bits per heavy atom. The van der Waals surface area contributed by atoms with Gasteiger partial charge in [-0.1, -0.05) is 18.5 Å². The summed E-state index contributed by atoms with van der Waals surface area (Å²) in [6.07, 6.45) is 7.91. The summed E-state index contributed by atoms with van der Waals surface area (Å²) in [6, 6.07) is 2.08. The molecule has 3 N–H and O–H groups in total. The number of fused-ring (bicyclic) bond motifs is 2. The lowest BCUT2D eigenvalue weighted by Crippen LogP contribution is -2.43. The molecule has 4 aromatic rings. The van der Waals surface area contributed by atoms with Crippen LogP contribution in [0.15, 0.2) is 34.7 Å². The largest absolute Gasteiger partial charge is 0.354 e. The Hall–Kier alpha value is -2.49. The summed E-state index contributed by atoms with van der Waals surface area (Å²) in [7, 11) is 0. The normalized spacial score (nSPS) is 17.2. The lowest BCUT2D eigenvalue weighted by Gasteiger charge is -2.32. The number of pyridine rings is 1. The van der Waals surface area contributed by atoms with Gasteiger partial charge in [0.25, 0.3) is 0 Å². The fourth-order valence-corrected chi connectivity index (χ4v) is 4.90. The number of aromatic nitrogens is 6. The molecule has 0 aliphatic carbocycles. The van der Waals surface area contributed by atoms with Crippen molar-refractivity contribution in [1.29, 1.82) is 0 Å². The monoisotopic (exact) mass is 440 g/mol. The Kier molecular flexibility index (Phi) is 5.18. The smallest absolute Gasteiger partial charge is 0.196 e. The van der Waals surface area contributed by atoms with Crippen LogP contribution in [0.4, 0.5) is 5.82 Å². The van der Waals surface area contributed by atoms with E-state index in [0.29, 0.717) is 15.8 Å². The minimum Gasteiger partial charge on any atom is -0.354 e. The van der Waals surface area contributed by atoms with Crippen molar-refractivity contribution in [2.45, 2.75) is 42.3 Å². The van der Waals surface area contributed by atoms with E-state index in [1.807, 2.05) is 6.07 Å². The van der Waals surface area contributed by atoms with Gasteiger partial charge in [0.15, 0.2) is 10.8 Å². The van der Waals surface area contributed by atoms with E-state index >= 15 is 0 Å². The highest BCUT2D eigenvalue weighted by Crippen LogP contribution is 2.37. The minimum atomic E-state index is 0.131. The average Bonchev–Trinajstić information content (AvgIpc) is 3.08. The van der Waals surface area contributed by atoms with E-state index < -0.39 is 0 Å². The molecule has 0 spiro atoms. The number of nitrogens with zero attached hydrogens (tertiary/aromatic N) is 6. The molecule has 5 heterocycles. The number of anilines is 1. The molecule has 4 aromatic heterocycles. The molecule has 1 fully saturated rings. The van der Waals surface area contributed by atoms with Gasteiger partial charge in [-0.2, -0.15) is 0 Å². The van der Waals surface area contributed by atoms with Gasteiger partial charge in [0.2, 0.25) is 0 Å². The van der Waals surface area contributed by atoms with E-state index in [-0.39, 0.29) is 6.04 Å². The molecule has 1 atom stereocenters. The first-order valence-corrected chi connectivity index (χ1v) is 11.1. The number of piperidine rings is 1. The average molecular weight is 441 g/mol. The molecule has 10 heteroatoms. The first-order valence-electron chi connectivity index (χ1n) is 9.95. The summed E-state index contributed by atoms with van der Waals surface area (Å²) < 4.78 is 0. The molecule has 30 heavy (non-hydrogen) atoms. The topological polar surface area (TPSA) is 109 Å². The Bertz CT molecular complexity index is 1230. The Balaban J connectivity index is 1.59. The van der Waals surface area contributed by atoms with Crippen LogP contribution in [0, 0.1) is 0 Å². The van der Waals surface area contributed by atoms with E-state index in [0.717, 1.165) is 65.3 Å². The predicted octanol–water partition coefficient (Wildman–Crippen LogP) is 3.59. The van der Waals surface area contributed by atoms with Gasteiger partial charge in [0.05, 0.1) is 10.4 Å². The number of nitrogens with one attached hydrogen (secondary N) is 1. The maximum atomic E-state index is 6.69. The molecule has 0 bridgehead atoms. The predicted molar refractivity (Wildman–Crippen MR) is 119 cm³/mol. The number of aryl methyl sites for hydroxylation is 1. The van der Waals surface area contributed by atoms with Crippen LogP contribution < -0.4 is 10.6 Å². The third-order valence-electron chi connectivity index (χ3n) is 5.24. The second-order valence-electron chi connectivity index (χ2n) is 7.34. The molecular formula is C20H21ClN8S.